The lowest BCUT2D eigenvalue weighted by Gasteiger charge is -2.06. The Hall–Kier alpha value is -2.44. The molecule has 0 aliphatic rings. The number of rotatable bonds is 1. The number of nitrogens with zero attached hydrogens (tertiary/aromatic N) is 3. The highest BCUT2D eigenvalue weighted by Gasteiger charge is 2.18. The largest absolute Gasteiger partial charge is 0.330 e. The van der Waals surface area contributed by atoms with Gasteiger partial charge >= 0.3 is 5.69 Å². The molecule has 0 saturated carbocycles. The number of nitro groups is 1. The first-order valence-corrected chi connectivity index (χ1v) is 4.78. The maximum absolute atomic E-state index is 11.9. The van der Waals surface area contributed by atoms with Crippen LogP contribution in [0, 0.1) is 10.1 Å². The molecule has 0 unspecified atom stereocenters. The van der Waals surface area contributed by atoms with Crippen molar-refractivity contribution in [3.63, 3.8) is 0 Å². The van der Waals surface area contributed by atoms with Gasteiger partial charge in [0.1, 0.15) is 5.39 Å². The van der Waals surface area contributed by atoms with Gasteiger partial charge in [-0.05, 0) is 6.07 Å². The van der Waals surface area contributed by atoms with Crippen LogP contribution in [-0.4, -0.2) is 14.1 Å². The summed E-state index contributed by atoms with van der Waals surface area (Å²) in [5.74, 6) is 0. The number of benzene rings is 1. The molecule has 2 aromatic rings. The van der Waals surface area contributed by atoms with Crippen molar-refractivity contribution in [2.75, 3.05) is 0 Å². The Kier molecular flexibility index (Phi) is 2.31. The topological polar surface area (TPSA) is 87.1 Å². The summed E-state index contributed by atoms with van der Waals surface area (Å²) in [5.41, 5.74) is -1.20. The SMILES string of the molecule is Cn1c(=O)c2c([N+](=O)[O-])cccc2n(C)c1=O. The molecule has 0 fully saturated rings. The average Bonchev–Trinajstić information content (AvgIpc) is 2.32. The highest BCUT2D eigenvalue weighted by molar-refractivity contribution is 5.87. The van der Waals surface area contributed by atoms with E-state index >= 15 is 0 Å². The normalized spacial score (nSPS) is 10.7. The zero-order valence-electron chi connectivity index (χ0n) is 9.21. The molecule has 0 saturated heterocycles. The number of hydrogen-bond donors (Lipinski definition) is 0. The first-order chi connectivity index (χ1) is 7.95. The third kappa shape index (κ3) is 1.43. The van der Waals surface area contributed by atoms with E-state index in [1.807, 2.05) is 0 Å². The first kappa shape index (κ1) is 11.1. The Morgan fingerprint density at radius 3 is 2.41 bits per heavy atom. The van der Waals surface area contributed by atoms with Crippen molar-refractivity contribution in [1.29, 1.82) is 0 Å². The van der Waals surface area contributed by atoms with E-state index in [0.29, 0.717) is 0 Å². The standard InChI is InChI=1S/C10H9N3O4/c1-11-6-4-3-5-7(13(16)17)8(6)9(14)12(2)10(11)15/h3-5H,1-2H3. The van der Waals surface area contributed by atoms with Crippen molar-refractivity contribution in [3.8, 4) is 0 Å². The van der Waals surface area contributed by atoms with Crippen LogP contribution in [0.3, 0.4) is 0 Å². The molecule has 7 nitrogen and oxygen atoms in total. The summed E-state index contributed by atoms with van der Waals surface area (Å²) in [4.78, 5) is 33.7. The highest BCUT2D eigenvalue weighted by atomic mass is 16.6. The van der Waals surface area contributed by atoms with E-state index in [0.717, 1.165) is 4.57 Å². The van der Waals surface area contributed by atoms with Crippen molar-refractivity contribution < 1.29 is 4.92 Å². The fourth-order valence-corrected chi connectivity index (χ4v) is 1.76. The van der Waals surface area contributed by atoms with Gasteiger partial charge in [0.05, 0.1) is 10.4 Å². The summed E-state index contributed by atoms with van der Waals surface area (Å²) < 4.78 is 2.07. The Morgan fingerprint density at radius 2 is 1.82 bits per heavy atom. The third-order valence-electron chi connectivity index (χ3n) is 2.67. The molecule has 0 spiro atoms. The molecule has 1 aromatic carbocycles. The van der Waals surface area contributed by atoms with Gasteiger partial charge in [-0.2, -0.15) is 0 Å². The van der Waals surface area contributed by atoms with E-state index in [4.69, 9.17) is 0 Å². The lowest BCUT2D eigenvalue weighted by molar-refractivity contribution is -0.383. The Labute approximate surface area is 94.7 Å². The van der Waals surface area contributed by atoms with Crippen molar-refractivity contribution in [3.05, 3.63) is 49.2 Å². The maximum atomic E-state index is 11.9. The smallest absolute Gasteiger partial charge is 0.296 e. The van der Waals surface area contributed by atoms with Gasteiger partial charge in [-0.25, -0.2) is 4.79 Å². The lowest BCUT2D eigenvalue weighted by atomic mass is 10.2. The van der Waals surface area contributed by atoms with Crippen LogP contribution in [0.4, 0.5) is 5.69 Å². The number of non-ortho nitro benzene ring substituents is 1. The molecule has 7 heteroatoms. The Balaban J connectivity index is 3.18. The van der Waals surface area contributed by atoms with Crippen LogP contribution in [0.5, 0.6) is 0 Å². The van der Waals surface area contributed by atoms with E-state index in [2.05, 4.69) is 0 Å². The van der Waals surface area contributed by atoms with Crippen molar-refractivity contribution in [2.24, 2.45) is 14.1 Å². The van der Waals surface area contributed by atoms with Gasteiger partial charge < -0.3 is 0 Å². The molecule has 0 aliphatic carbocycles. The van der Waals surface area contributed by atoms with E-state index in [1.54, 1.807) is 0 Å². The molecule has 2 rings (SSSR count). The number of nitro benzene ring substituents is 1. The quantitative estimate of drug-likeness (QED) is 0.519. The Morgan fingerprint density at radius 1 is 1.18 bits per heavy atom. The summed E-state index contributed by atoms with van der Waals surface area (Å²) in [6.07, 6.45) is 0. The van der Waals surface area contributed by atoms with Crippen LogP contribution in [0.2, 0.25) is 0 Å². The monoisotopic (exact) mass is 235 g/mol. The summed E-state index contributed by atoms with van der Waals surface area (Å²) in [7, 11) is 2.76. The molecule has 0 amide bonds. The maximum Gasteiger partial charge on any atom is 0.330 e. The molecule has 0 aliphatic heterocycles. The van der Waals surface area contributed by atoms with Crippen LogP contribution < -0.4 is 11.2 Å². The molecule has 17 heavy (non-hydrogen) atoms. The summed E-state index contributed by atoms with van der Waals surface area (Å²) >= 11 is 0. The van der Waals surface area contributed by atoms with Gasteiger partial charge in [0, 0.05) is 20.2 Å². The number of aryl methyl sites for hydroxylation is 1. The van der Waals surface area contributed by atoms with Gasteiger partial charge in [0.15, 0.2) is 0 Å². The fraction of sp³-hybridized carbons (Fsp3) is 0.200. The molecule has 1 aromatic heterocycles. The molecular formula is C10H9N3O4. The fourth-order valence-electron chi connectivity index (χ4n) is 1.76. The van der Waals surface area contributed by atoms with Gasteiger partial charge in [0.25, 0.3) is 11.2 Å². The van der Waals surface area contributed by atoms with Gasteiger partial charge in [-0.3, -0.25) is 24.0 Å². The number of fused-ring (bicyclic) bond motifs is 1. The molecule has 0 bridgehead atoms. The molecule has 0 N–H and O–H groups in total. The van der Waals surface area contributed by atoms with Gasteiger partial charge in [-0.1, -0.05) is 6.07 Å². The minimum Gasteiger partial charge on any atom is -0.296 e. The lowest BCUT2D eigenvalue weighted by Crippen LogP contribution is -2.37. The molecule has 0 atom stereocenters. The molecular weight excluding hydrogens is 226 g/mol. The zero-order chi connectivity index (χ0) is 12.7. The minimum absolute atomic E-state index is 0.0536. The summed E-state index contributed by atoms with van der Waals surface area (Å²) in [6.45, 7) is 0. The van der Waals surface area contributed by atoms with Crippen LogP contribution in [-0.2, 0) is 14.1 Å². The molecule has 0 radical (unpaired) electrons. The highest BCUT2D eigenvalue weighted by Crippen LogP contribution is 2.20. The second kappa shape index (κ2) is 3.55. The molecule has 1 heterocycles. The van der Waals surface area contributed by atoms with E-state index in [-0.39, 0.29) is 16.6 Å². The summed E-state index contributed by atoms with van der Waals surface area (Å²) in [6, 6.07) is 4.19. The average molecular weight is 235 g/mol. The number of hydrogen-bond acceptors (Lipinski definition) is 4. The number of aromatic nitrogens is 2. The second-order valence-electron chi connectivity index (χ2n) is 3.63. The van der Waals surface area contributed by atoms with Gasteiger partial charge in [0.2, 0.25) is 0 Å². The first-order valence-electron chi connectivity index (χ1n) is 4.78. The third-order valence-corrected chi connectivity index (χ3v) is 2.67. The van der Waals surface area contributed by atoms with Crippen LogP contribution >= 0.6 is 0 Å². The van der Waals surface area contributed by atoms with Crippen LogP contribution in [0.25, 0.3) is 10.9 Å². The molecule has 88 valence electrons. The minimum atomic E-state index is -0.657. The van der Waals surface area contributed by atoms with E-state index in [9.17, 15) is 19.7 Å². The predicted molar refractivity (Wildman–Crippen MR) is 61.1 cm³/mol. The van der Waals surface area contributed by atoms with Crippen LogP contribution in [0.1, 0.15) is 0 Å². The predicted octanol–water partition coefficient (Wildman–Crippen LogP) is 0.145. The Bertz CT molecular complexity index is 742. The van der Waals surface area contributed by atoms with Crippen LogP contribution in [0.15, 0.2) is 27.8 Å². The zero-order valence-corrected chi connectivity index (χ0v) is 9.21. The van der Waals surface area contributed by atoms with Crippen molar-refractivity contribution in [1.82, 2.24) is 9.13 Å². The van der Waals surface area contributed by atoms with Crippen molar-refractivity contribution in [2.45, 2.75) is 0 Å². The van der Waals surface area contributed by atoms with E-state index < -0.39 is 16.2 Å². The second-order valence-corrected chi connectivity index (χ2v) is 3.63. The van der Waals surface area contributed by atoms with Gasteiger partial charge in [-0.15, -0.1) is 0 Å². The summed E-state index contributed by atoms with van der Waals surface area (Å²) in [5, 5.41) is 10.8. The van der Waals surface area contributed by atoms with E-state index in [1.165, 1.54) is 36.9 Å². The van der Waals surface area contributed by atoms with Crippen molar-refractivity contribution >= 4 is 16.6 Å².